The Morgan fingerprint density at radius 3 is 2.88 bits per heavy atom. The van der Waals surface area contributed by atoms with Crippen molar-refractivity contribution in [1.29, 1.82) is 0 Å². The Morgan fingerprint density at radius 2 is 2.19 bits per heavy atom. The Balaban J connectivity index is 2.61. The number of methoxy groups -OCH3 is 1. The van der Waals surface area contributed by atoms with Gasteiger partial charge in [-0.25, -0.2) is 14.6 Å². The van der Waals surface area contributed by atoms with Crippen LogP contribution in [0.5, 0.6) is 5.75 Å². The zero-order chi connectivity index (χ0) is 11.5. The number of hydrogen-bond acceptors (Lipinski definition) is 3. The lowest BCUT2D eigenvalue weighted by molar-refractivity contribution is 0.411. The van der Waals surface area contributed by atoms with E-state index in [1.54, 1.807) is 11.8 Å². The van der Waals surface area contributed by atoms with Crippen LogP contribution in [0.15, 0.2) is 29.1 Å². The quantitative estimate of drug-likeness (QED) is 0.841. The van der Waals surface area contributed by atoms with Gasteiger partial charge in [0.05, 0.1) is 7.11 Å². The molecular weight excluding hydrogens is 206 g/mol. The molecule has 0 amide bonds. The molecule has 5 nitrogen and oxygen atoms in total. The molecule has 1 heterocycles. The van der Waals surface area contributed by atoms with Crippen molar-refractivity contribution in [3.05, 3.63) is 40.6 Å². The first-order chi connectivity index (χ1) is 7.76. The molecule has 0 saturated heterocycles. The van der Waals surface area contributed by atoms with Gasteiger partial charge in [0.1, 0.15) is 17.3 Å². The molecule has 16 heavy (non-hydrogen) atoms. The topological polar surface area (TPSA) is 59.9 Å². The Labute approximate surface area is 92.7 Å². The molecule has 0 unspecified atom stereocenters. The largest absolute Gasteiger partial charge is 0.494 e. The fourth-order valence-electron chi connectivity index (χ4n) is 1.60. The molecule has 5 heteroatoms. The minimum atomic E-state index is -0.345. The third kappa shape index (κ3) is 1.71. The average Bonchev–Trinajstić information content (AvgIpc) is 2.70. The zero-order valence-electron chi connectivity index (χ0n) is 9.23. The predicted octanol–water partition coefficient (Wildman–Crippen LogP) is 1.13. The molecule has 1 aromatic heterocycles. The van der Waals surface area contributed by atoms with Crippen molar-refractivity contribution in [1.82, 2.24) is 14.8 Å². The van der Waals surface area contributed by atoms with E-state index in [0.29, 0.717) is 18.0 Å². The first kappa shape index (κ1) is 10.5. The van der Waals surface area contributed by atoms with Crippen LogP contribution in [0.2, 0.25) is 0 Å². The average molecular weight is 219 g/mol. The van der Waals surface area contributed by atoms with E-state index in [0.717, 1.165) is 5.69 Å². The summed E-state index contributed by atoms with van der Waals surface area (Å²) >= 11 is 0. The summed E-state index contributed by atoms with van der Waals surface area (Å²) < 4.78 is 6.89. The van der Waals surface area contributed by atoms with E-state index in [-0.39, 0.29) is 5.69 Å². The molecule has 0 aliphatic carbocycles. The lowest BCUT2D eigenvalue weighted by atomic mass is 10.3. The highest BCUT2D eigenvalue weighted by molar-refractivity contribution is 5.46. The van der Waals surface area contributed by atoms with Gasteiger partial charge in [0, 0.05) is 6.42 Å². The number of aromatic nitrogens is 3. The highest BCUT2D eigenvalue weighted by atomic mass is 16.5. The zero-order valence-corrected chi connectivity index (χ0v) is 9.23. The summed E-state index contributed by atoms with van der Waals surface area (Å²) in [5.74, 6) is 1.39. The number of aromatic amines is 1. The molecule has 0 fully saturated rings. The van der Waals surface area contributed by atoms with Gasteiger partial charge in [0.15, 0.2) is 0 Å². The monoisotopic (exact) mass is 219 g/mol. The first-order valence-electron chi connectivity index (χ1n) is 5.07. The maximum absolute atomic E-state index is 11.2. The third-order valence-electron chi connectivity index (χ3n) is 2.34. The van der Waals surface area contributed by atoms with Crippen LogP contribution in [0.4, 0.5) is 0 Å². The molecule has 0 saturated carbocycles. The number of aryl methyl sites for hydroxylation is 1. The van der Waals surface area contributed by atoms with Crippen molar-refractivity contribution >= 4 is 0 Å². The fourth-order valence-corrected chi connectivity index (χ4v) is 1.60. The summed E-state index contributed by atoms with van der Waals surface area (Å²) in [5, 5.41) is 2.66. The molecular formula is C11H13N3O2. The Kier molecular flexibility index (Phi) is 2.76. The molecule has 0 atom stereocenters. The predicted molar refractivity (Wildman–Crippen MR) is 60.1 cm³/mol. The number of nitrogens with zero attached hydrogens (tertiary/aromatic N) is 2. The van der Waals surface area contributed by atoms with Crippen LogP contribution in [-0.2, 0) is 6.42 Å². The number of nitrogens with one attached hydrogen (secondary N) is 1. The van der Waals surface area contributed by atoms with Crippen LogP contribution >= 0.6 is 0 Å². The highest BCUT2D eigenvalue weighted by Gasteiger charge is 2.10. The summed E-state index contributed by atoms with van der Waals surface area (Å²) in [6, 6.07) is 7.47. The summed E-state index contributed by atoms with van der Waals surface area (Å²) in [5.41, 5.74) is 0.444. The lowest BCUT2D eigenvalue weighted by Gasteiger charge is -2.09. The number of hydrogen-bond donors (Lipinski definition) is 1. The second kappa shape index (κ2) is 4.22. The number of rotatable bonds is 3. The standard InChI is InChI=1S/C11H13N3O2/c1-3-10-12-11(15)13-14(10)8-6-4-5-7-9(8)16-2/h4-7H,3H2,1-2H3,(H,13,15). The van der Waals surface area contributed by atoms with Crippen LogP contribution < -0.4 is 10.4 Å². The van der Waals surface area contributed by atoms with Gasteiger partial charge >= 0.3 is 5.69 Å². The van der Waals surface area contributed by atoms with Gasteiger partial charge in [0.2, 0.25) is 0 Å². The van der Waals surface area contributed by atoms with Crippen molar-refractivity contribution < 1.29 is 4.74 Å². The van der Waals surface area contributed by atoms with Crippen molar-refractivity contribution in [3.63, 3.8) is 0 Å². The van der Waals surface area contributed by atoms with Crippen molar-refractivity contribution in [3.8, 4) is 11.4 Å². The summed E-state index contributed by atoms with van der Waals surface area (Å²) in [7, 11) is 1.60. The minimum Gasteiger partial charge on any atom is -0.494 e. The molecule has 2 aromatic rings. The normalized spacial score (nSPS) is 10.4. The van der Waals surface area contributed by atoms with Gasteiger partial charge in [-0.15, -0.1) is 0 Å². The van der Waals surface area contributed by atoms with Crippen LogP contribution in [0.25, 0.3) is 5.69 Å². The van der Waals surface area contributed by atoms with Gasteiger partial charge < -0.3 is 4.74 Å². The van der Waals surface area contributed by atoms with E-state index < -0.39 is 0 Å². The Bertz CT molecular complexity index is 542. The maximum Gasteiger partial charge on any atom is 0.361 e. The second-order valence-corrected chi connectivity index (χ2v) is 3.31. The van der Waals surface area contributed by atoms with Gasteiger partial charge in [-0.3, -0.25) is 0 Å². The van der Waals surface area contributed by atoms with Gasteiger partial charge in [-0.2, -0.15) is 4.98 Å². The summed E-state index contributed by atoms with van der Waals surface area (Å²) in [4.78, 5) is 15.1. The molecule has 0 spiro atoms. The van der Waals surface area contributed by atoms with Gasteiger partial charge in [-0.1, -0.05) is 19.1 Å². The fraction of sp³-hybridized carbons (Fsp3) is 0.273. The second-order valence-electron chi connectivity index (χ2n) is 3.31. The molecule has 2 rings (SSSR count). The molecule has 0 radical (unpaired) electrons. The molecule has 1 aromatic carbocycles. The molecule has 1 N–H and O–H groups in total. The summed E-state index contributed by atoms with van der Waals surface area (Å²) in [6.45, 7) is 1.95. The Morgan fingerprint density at radius 1 is 1.44 bits per heavy atom. The number of ether oxygens (including phenoxy) is 1. The molecule has 0 bridgehead atoms. The highest BCUT2D eigenvalue weighted by Crippen LogP contribution is 2.21. The first-order valence-corrected chi connectivity index (χ1v) is 5.07. The van der Waals surface area contributed by atoms with Crippen molar-refractivity contribution in [2.75, 3.05) is 7.11 Å². The summed E-state index contributed by atoms with van der Waals surface area (Å²) in [6.07, 6.45) is 0.677. The van der Waals surface area contributed by atoms with E-state index >= 15 is 0 Å². The van der Waals surface area contributed by atoms with E-state index in [9.17, 15) is 4.79 Å². The van der Waals surface area contributed by atoms with Gasteiger partial charge in [-0.05, 0) is 12.1 Å². The van der Waals surface area contributed by atoms with Crippen LogP contribution in [0.3, 0.4) is 0 Å². The SMILES string of the molecule is CCc1nc(=O)[nH]n1-c1ccccc1OC. The van der Waals surface area contributed by atoms with E-state index in [1.807, 2.05) is 31.2 Å². The van der Waals surface area contributed by atoms with Gasteiger partial charge in [0.25, 0.3) is 0 Å². The van der Waals surface area contributed by atoms with Crippen molar-refractivity contribution in [2.45, 2.75) is 13.3 Å². The van der Waals surface area contributed by atoms with E-state index in [2.05, 4.69) is 10.1 Å². The number of benzene rings is 1. The third-order valence-corrected chi connectivity index (χ3v) is 2.34. The minimum absolute atomic E-state index is 0.345. The van der Waals surface area contributed by atoms with Crippen LogP contribution in [0, 0.1) is 0 Å². The number of para-hydroxylation sites is 2. The van der Waals surface area contributed by atoms with E-state index in [1.165, 1.54) is 0 Å². The van der Waals surface area contributed by atoms with Crippen LogP contribution in [-0.4, -0.2) is 21.9 Å². The van der Waals surface area contributed by atoms with Crippen LogP contribution in [0.1, 0.15) is 12.7 Å². The smallest absolute Gasteiger partial charge is 0.361 e. The number of H-pyrrole nitrogens is 1. The lowest BCUT2D eigenvalue weighted by Crippen LogP contribution is -2.06. The molecule has 84 valence electrons. The van der Waals surface area contributed by atoms with Crippen molar-refractivity contribution in [2.24, 2.45) is 0 Å². The molecule has 0 aliphatic rings. The van der Waals surface area contributed by atoms with E-state index in [4.69, 9.17) is 4.74 Å². The molecule has 0 aliphatic heterocycles. The maximum atomic E-state index is 11.2. The Hall–Kier alpha value is -2.04.